The second kappa shape index (κ2) is 10.2. The molecule has 1 saturated heterocycles. The van der Waals surface area contributed by atoms with Gasteiger partial charge in [0, 0.05) is 23.7 Å². The van der Waals surface area contributed by atoms with Crippen molar-refractivity contribution in [3.63, 3.8) is 0 Å². The lowest BCUT2D eigenvalue weighted by molar-refractivity contribution is -0.319. The zero-order valence-electron chi connectivity index (χ0n) is 29.5. The van der Waals surface area contributed by atoms with E-state index in [4.69, 9.17) is 37.9 Å². The molecule has 1 aliphatic heterocycles. The Morgan fingerprint density at radius 3 is 1.89 bits per heavy atom. The van der Waals surface area contributed by atoms with E-state index in [1.807, 2.05) is 37.5 Å². The van der Waals surface area contributed by atoms with Gasteiger partial charge in [-0.05, 0) is 121 Å². The number of nitrogens with zero attached hydrogens (tertiary/aromatic N) is 5. The van der Waals surface area contributed by atoms with Crippen LogP contribution in [0.1, 0.15) is 108 Å². The second-order valence-corrected chi connectivity index (χ2v) is 16.9. The Bertz CT molecular complexity index is 1630. The quantitative estimate of drug-likeness (QED) is 0.292. The van der Waals surface area contributed by atoms with Crippen LogP contribution in [0.25, 0.3) is 11.2 Å². The number of hydrogen-bond acceptors (Lipinski definition) is 6. The third-order valence-electron chi connectivity index (χ3n) is 11.4. The van der Waals surface area contributed by atoms with Gasteiger partial charge in [0.05, 0.1) is 38.7 Å². The molecule has 0 unspecified atom stereocenters. The molecule has 1 fully saturated rings. The van der Waals surface area contributed by atoms with E-state index in [0.717, 1.165) is 11.1 Å². The van der Waals surface area contributed by atoms with E-state index in [0.29, 0.717) is 27.2 Å². The maximum atomic E-state index is 14.2. The van der Waals surface area contributed by atoms with Gasteiger partial charge in [-0.15, -0.1) is 0 Å². The predicted molar refractivity (Wildman–Crippen MR) is 183 cm³/mol. The molecular weight excluding hydrogens is 595 g/mol. The number of aryl methyl sites for hydroxylation is 1. The third-order valence-corrected chi connectivity index (χ3v) is 12.3. The normalized spacial score (nSPS) is 20.2. The fourth-order valence-corrected chi connectivity index (χ4v) is 7.49. The molecule has 0 aliphatic carbocycles. The molecule has 244 valence electrons. The number of ether oxygens (including phenoxy) is 1. The van der Waals surface area contributed by atoms with Crippen molar-refractivity contribution in [1.29, 1.82) is 0 Å². The first kappa shape index (κ1) is 34.7. The van der Waals surface area contributed by atoms with Gasteiger partial charge in [-0.3, -0.25) is 14.3 Å². The molecular formula is C34H52Cl2N6O2. The van der Waals surface area contributed by atoms with Crippen molar-refractivity contribution in [3.05, 3.63) is 50.0 Å². The minimum absolute atomic E-state index is 0.179. The Balaban J connectivity index is 1.85. The summed E-state index contributed by atoms with van der Waals surface area (Å²) in [5.74, 6) is 0.414. The number of imidazole rings is 1. The minimum Gasteiger partial charge on any atom is -0.366 e. The molecule has 3 aromatic rings. The summed E-state index contributed by atoms with van der Waals surface area (Å²) in [7, 11) is 1.74. The minimum atomic E-state index is -0.610. The van der Waals surface area contributed by atoms with Gasteiger partial charge < -0.3 is 14.6 Å². The molecule has 3 heterocycles. The second-order valence-electron chi connectivity index (χ2n) is 16.1. The third kappa shape index (κ3) is 4.90. The lowest BCUT2D eigenvalue weighted by atomic mass is 9.65. The highest BCUT2D eigenvalue weighted by molar-refractivity contribution is 6.42. The first-order valence-electron chi connectivity index (χ1n) is 15.3. The Kier molecular flexibility index (Phi) is 8.04. The number of anilines is 1. The van der Waals surface area contributed by atoms with Gasteiger partial charge in [0.15, 0.2) is 11.2 Å². The molecule has 1 N–H and O–H groups in total. The molecule has 8 nitrogen and oxygen atoms in total. The number of hydrogen-bond donors (Lipinski definition) is 1. The van der Waals surface area contributed by atoms with Crippen LogP contribution in [0.4, 0.5) is 5.95 Å². The summed E-state index contributed by atoms with van der Waals surface area (Å²) in [5.41, 5.74) is -0.845. The Morgan fingerprint density at radius 1 is 0.864 bits per heavy atom. The van der Waals surface area contributed by atoms with Crippen molar-refractivity contribution in [3.8, 4) is 0 Å². The maximum absolute atomic E-state index is 14.2. The van der Waals surface area contributed by atoms with Crippen molar-refractivity contribution in [2.75, 3.05) is 5.32 Å². The van der Waals surface area contributed by atoms with Crippen molar-refractivity contribution >= 4 is 40.3 Å². The van der Waals surface area contributed by atoms with Crippen molar-refractivity contribution in [1.82, 2.24) is 24.0 Å². The predicted octanol–water partition coefficient (Wildman–Crippen LogP) is 8.05. The molecule has 10 heteroatoms. The van der Waals surface area contributed by atoms with Crippen LogP contribution in [0.2, 0.25) is 10.0 Å². The number of benzene rings is 1. The summed E-state index contributed by atoms with van der Waals surface area (Å²) >= 11 is 12.7. The van der Waals surface area contributed by atoms with E-state index in [-0.39, 0.29) is 16.6 Å². The SMILES string of the molecule is Cc1cc(C(C)(C)Nc2nc3ncn(C(C)(C)C(C)(C)N4C(C)(C)C(C)(C)OC(C)(C)C4(C)C)c3c(=O)n2C)cc(Cl)c1Cl. The van der Waals surface area contributed by atoms with Crippen molar-refractivity contribution < 1.29 is 4.74 Å². The van der Waals surface area contributed by atoms with Crippen LogP contribution in [0.5, 0.6) is 0 Å². The first-order chi connectivity index (χ1) is 19.6. The molecule has 4 rings (SSSR count). The van der Waals surface area contributed by atoms with E-state index in [9.17, 15) is 4.79 Å². The summed E-state index contributed by atoms with van der Waals surface area (Å²) in [6.07, 6.45) is 1.76. The summed E-state index contributed by atoms with van der Waals surface area (Å²) in [6.45, 7) is 32.5. The highest BCUT2D eigenvalue weighted by Gasteiger charge is 2.66. The van der Waals surface area contributed by atoms with E-state index < -0.39 is 27.8 Å². The van der Waals surface area contributed by atoms with Crippen LogP contribution in [0, 0.1) is 6.92 Å². The van der Waals surface area contributed by atoms with Gasteiger partial charge in [0.2, 0.25) is 5.95 Å². The topological polar surface area (TPSA) is 77.2 Å². The Morgan fingerprint density at radius 2 is 1.39 bits per heavy atom. The number of morpholine rings is 1. The van der Waals surface area contributed by atoms with Crippen LogP contribution >= 0.6 is 23.2 Å². The number of fused-ring (bicyclic) bond motifs is 1. The Hall–Kier alpha value is -2.13. The highest BCUT2D eigenvalue weighted by Crippen LogP contribution is 2.55. The van der Waals surface area contributed by atoms with Gasteiger partial charge >= 0.3 is 0 Å². The standard InChI is InChI=1S/C34H52Cl2N6O2/c1-20-17-21(18-22(35)23(20)36)28(2,3)39-27-38-25-24(26(43)40(27)16)41(19-37-25)29(4,5)30(6,7)42-31(8,9)33(12,13)44-34(14,15)32(42,10)11/h17-19H,1-16H3,(H,38,39). The molecule has 0 saturated carbocycles. The van der Waals surface area contributed by atoms with E-state index in [2.05, 4.69) is 93.3 Å². The van der Waals surface area contributed by atoms with Gasteiger partial charge in [-0.1, -0.05) is 29.3 Å². The van der Waals surface area contributed by atoms with Crippen LogP contribution in [0.3, 0.4) is 0 Å². The zero-order valence-corrected chi connectivity index (χ0v) is 31.1. The van der Waals surface area contributed by atoms with Gasteiger partial charge in [-0.25, -0.2) is 4.98 Å². The average molecular weight is 648 g/mol. The van der Waals surface area contributed by atoms with Crippen molar-refractivity contribution in [2.24, 2.45) is 7.05 Å². The van der Waals surface area contributed by atoms with E-state index in [1.165, 1.54) is 0 Å². The summed E-state index contributed by atoms with van der Waals surface area (Å²) in [4.78, 5) is 26.3. The lowest BCUT2D eigenvalue weighted by Crippen LogP contribution is -2.83. The first-order valence-corrected chi connectivity index (χ1v) is 16.1. The van der Waals surface area contributed by atoms with Crippen LogP contribution in [-0.4, -0.2) is 51.8 Å². The molecule has 0 amide bonds. The van der Waals surface area contributed by atoms with E-state index >= 15 is 0 Å². The lowest BCUT2D eigenvalue weighted by Gasteiger charge is -2.72. The number of rotatable bonds is 6. The summed E-state index contributed by atoms with van der Waals surface area (Å²) < 4.78 is 10.4. The largest absolute Gasteiger partial charge is 0.366 e. The molecule has 1 aromatic carbocycles. The molecule has 44 heavy (non-hydrogen) atoms. The Labute approximate surface area is 273 Å². The summed E-state index contributed by atoms with van der Waals surface area (Å²) in [6, 6.07) is 3.84. The number of nitrogens with one attached hydrogen (secondary N) is 1. The molecule has 2 aromatic heterocycles. The van der Waals surface area contributed by atoms with Crippen molar-refractivity contribution in [2.45, 2.75) is 143 Å². The molecule has 0 bridgehead atoms. The maximum Gasteiger partial charge on any atom is 0.280 e. The number of halogens is 2. The van der Waals surface area contributed by atoms with Gasteiger partial charge in [0.1, 0.15) is 0 Å². The average Bonchev–Trinajstić information content (AvgIpc) is 3.27. The fourth-order valence-electron chi connectivity index (χ4n) is 7.12. The van der Waals surface area contributed by atoms with Crippen LogP contribution in [-0.2, 0) is 22.9 Å². The smallest absolute Gasteiger partial charge is 0.280 e. The van der Waals surface area contributed by atoms with E-state index in [1.54, 1.807) is 17.9 Å². The van der Waals surface area contributed by atoms with Gasteiger partial charge in [0.25, 0.3) is 5.56 Å². The number of aromatic nitrogens is 4. The zero-order chi connectivity index (χ0) is 33.8. The van der Waals surface area contributed by atoms with Crippen LogP contribution < -0.4 is 10.9 Å². The fraction of sp³-hybridized carbons (Fsp3) is 0.676. The molecule has 0 atom stereocenters. The van der Waals surface area contributed by atoms with Gasteiger partial charge in [-0.2, -0.15) is 4.98 Å². The summed E-state index contributed by atoms with van der Waals surface area (Å²) in [5, 5.41) is 4.47. The monoisotopic (exact) mass is 646 g/mol. The van der Waals surface area contributed by atoms with Crippen LogP contribution in [0.15, 0.2) is 23.3 Å². The molecule has 1 aliphatic rings. The molecule has 0 spiro atoms. The highest BCUT2D eigenvalue weighted by atomic mass is 35.5. The molecule has 0 radical (unpaired) electrons.